The van der Waals surface area contributed by atoms with E-state index < -0.39 is 11.7 Å². The molecule has 0 radical (unpaired) electrons. The van der Waals surface area contributed by atoms with E-state index in [1.807, 2.05) is 0 Å². The molecule has 5 rings (SSSR count). The van der Waals surface area contributed by atoms with E-state index in [-0.39, 0.29) is 11.4 Å². The van der Waals surface area contributed by atoms with Gasteiger partial charge in [-0.2, -0.15) is 0 Å². The molecule has 6 nitrogen and oxygen atoms in total. The van der Waals surface area contributed by atoms with Gasteiger partial charge in [-0.3, -0.25) is 4.79 Å². The Kier molecular flexibility index (Phi) is 6.65. The molecule has 0 aliphatic heterocycles. The topological polar surface area (TPSA) is 93.8 Å². The molecule has 164 valence electrons. The zero-order valence-corrected chi connectivity index (χ0v) is 17.9. The molecule has 4 aromatic rings. The first kappa shape index (κ1) is 21.8. The van der Waals surface area contributed by atoms with Crippen LogP contribution < -0.4 is 11.1 Å². The maximum atomic E-state index is 13.0. The Morgan fingerprint density at radius 3 is 2.44 bits per heavy atom. The number of hydrogen-bond donors (Lipinski definition) is 2. The van der Waals surface area contributed by atoms with E-state index in [2.05, 4.69) is 20.3 Å². The highest BCUT2D eigenvalue weighted by molar-refractivity contribution is 7.22. The predicted molar refractivity (Wildman–Crippen MR) is 121 cm³/mol. The van der Waals surface area contributed by atoms with Gasteiger partial charge >= 0.3 is 0 Å². The summed E-state index contributed by atoms with van der Waals surface area (Å²) in [6, 6.07) is 10.7. The summed E-state index contributed by atoms with van der Waals surface area (Å²) in [6.07, 6.45) is 8.13. The summed E-state index contributed by atoms with van der Waals surface area (Å²) >= 11 is 1.54. The minimum atomic E-state index is -0.707. The number of nitrogens with one attached hydrogen (secondary N) is 1. The van der Waals surface area contributed by atoms with Gasteiger partial charge in [-0.05, 0) is 55.3 Å². The molecular formula is C23H21F2N5OS. The van der Waals surface area contributed by atoms with Crippen molar-refractivity contribution in [3.8, 4) is 11.4 Å². The van der Waals surface area contributed by atoms with Crippen molar-refractivity contribution in [2.24, 2.45) is 5.73 Å². The molecule has 1 aliphatic carbocycles. The number of halogens is 2. The van der Waals surface area contributed by atoms with E-state index in [0.717, 1.165) is 21.4 Å². The first-order valence-corrected chi connectivity index (χ1v) is 11.0. The Labute approximate surface area is 187 Å². The van der Waals surface area contributed by atoms with Crippen LogP contribution in [0.5, 0.6) is 0 Å². The molecule has 1 fully saturated rings. The summed E-state index contributed by atoms with van der Waals surface area (Å²) < 4.78 is 26.9. The Morgan fingerprint density at radius 1 is 1.03 bits per heavy atom. The fourth-order valence-corrected chi connectivity index (χ4v) is 4.53. The normalized spacial score (nSPS) is 13.6. The van der Waals surface area contributed by atoms with Gasteiger partial charge in [0, 0.05) is 24.0 Å². The van der Waals surface area contributed by atoms with Crippen LogP contribution in [0, 0.1) is 11.6 Å². The number of nitrogens with zero attached hydrogens (tertiary/aromatic N) is 3. The second-order valence-electron chi connectivity index (χ2n) is 7.38. The van der Waals surface area contributed by atoms with Crippen LogP contribution in [-0.4, -0.2) is 26.9 Å². The van der Waals surface area contributed by atoms with Crippen molar-refractivity contribution in [2.45, 2.75) is 31.7 Å². The molecule has 0 atom stereocenters. The number of carbonyl (C=O) groups excluding carboxylic acids is 1. The van der Waals surface area contributed by atoms with E-state index in [1.165, 1.54) is 67.6 Å². The number of carbonyl (C=O) groups is 1. The number of primary amides is 1. The van der Waals surface area contributed by atoms with E-state index in [0.29, 0.717) is 17.4 Å². The fourth-order valence-electron chi connectivity index (χ4n) is 3.56. The van der Waals surface area contributed by atoms with Gasteiger partial charge in [-0.1, -0.05) is 24.2 Å². The van der Waals surface area contributed by atoms with Crippen LogP contribution in [0.1, 0.15) is 36.0 Å². The molecule has 32 heavy (non-hydrogen) atoms. The number of nitrogens with two attached hydrogens (primary N) is 1. The second-order valence-corrected chi connectivity index (χ2v) is 8.41. The molecule has 1 saturated carbocycles. The number of aromatic nitrogens is 3. The Bertz CT molecular complexity index is 1230. The van der Waals surface area contributed by atoms with Gasteiger partial charge in [-0.15, -0.1) is 0 Å². The number of hydrogen-bond acceptors (Lipinski definition) is 6. The third-order valence-corrected chi connectivity index (χ3v) is 6.04. The Balaban J connectivity index is 0.000000153. The summed E-state index contributed by atoms with van der Waals surface area (Å²) in [6.45, 7) is 0. The van der Waals surface area contributed by atoms with Crippen molar-refractivity contribution in [1.29, 1.82) is 0 Å². The third-order valence-electron chi connectivity index (χ3n) is 5.09. The molecule has 0 bridgehead atoms. The maximum absolute atomic E-state index is 13.0. The Morgan fingerprint density at radius 2 is 1.72 bits per heavy atom. The smallest absolute Gasteiger partial charge is 0.249 e. The van der Waals surface area contributed by atoms with E-state index in [1.54, 1.807) is 18.2 Å². The van der Waals surface area contributed by atoms with Crippen molar-refractivity contribution in [1.82, 2.24) is 15.0 Å². The quantitative estimate of drug-likeness (QED) is 0.445. The van der Waals surface area contributed by atoms with Crippen LogP contribution in [0.4, 0.5) is 13.9 Å². The zero-order valence-electron chi connectivity index (χ0n) is 17.1. The first-order chi connectivity index (χ1) is 15.5. The van der Waals surface area contributed by atoms with Gasteiger partial charge in [0.05, 0.1) is 15.8 Å². The van der Waals surface area contributed by atoms with Crippen LogP contribution >= 0.6 is 11.3 Å². The highest BCUT2D eigenvalue weighted by Crippen LogP contribution is 2.29. The van der Waals surface area contributed by atoms with Gasteiger partial charge in [0.15, 0.2) is 11.0 Å². The largest absolute Gasteiger partial charge is 0.366 e. The molecule has 0 saturated heterocycles. The number of thiazole rings is 1. The van der Waals surface area contributed by atoms with Gasteiger partial charge in [0.1, 0.15) is 11.6 Å². The van der Waals surface area contributed by atoms with Crippen molar-refractivity contribution in [3.63, 3.8) is 0 Å². The zero-order chi connectivity index (χ0) is 22.5. The standard InChI is InChI=1S/C12H13FN2S.C11H8FN3O/c13-8-5-6-10-11(7-8)16-12(15-10)14-9-3-1-2-4-9;12-7-2-3-8(9(6-7)10(13)16)11-14-4-1-5-15-11/h5-7,9H,1-4H2,(H,14,15);1-6H,(H2,13,16). The number of benzene rings is 2. The van der Waals surface area contributed by atoms with Gasteiger partial charge in [-0.25, -0.2) is 23.7 Å². The maximum Gasteiger partial charge on any atom is 0.249 e. The third kappa shape index (κ3) is 5.23. The number of anilines is 1. The summed E-state index contributed by atoms with van der Waals surface area (Å²) in [7, 11) is 0. The van der Waals surface area contributed by atoms with Gasteiger partial charge in [0.25, 0.3) is 0 Å². The van der Waals surface area contributed by atoms with Crippen LogP contribution in [0.2, 0.25) is 0 Å². The predicted octanol–water partition coefficient (Wildman–Crippen LogP) is 5.17. The van der Waals surface area contributed by atoms with E-state index in [9.17, 15) is 13.6 Å². The lowest BCUT2D eigenvalue weighted by atomic mass is 10.1. The van der Waals surface area contributed by atoms with Gasteiger partial charge < -0.3 is 11.1 Å². The summed E-state index contributed by atoms with van der Waals surface area (Å²) in [5.41, 5.74) is 6.54. The number of amides is 1. The number of rotatable bonds is 4. The molecule has 1 amide bonds. The highest BCUT2D eigenvalue weighted by atomic mass is 32.1. The highest BCUT2D eigenvalue weighted by Gasteiger charge is 2.16. The van der Waals surface area contributed by atoms with Crippen LogP contribution in [0.15, 0.2) is 54.9 Å². The van der Waals surface area contributed by atoms with Crippen LogP contribution in [-0.2, 0) is 0 Å². The lowest BCUT2D eigenvalue weighted by Crippen LogP contribution is -2.13. The van der Waals surface area contributed by atoms with Crippen molar-refractivity contribution < 1.29 is 13.6 Å². The molecule has 2 aromatic heterocycles. The Hall–Kier alpha value is -3.46. The van der Waals surface area contributed by atoms with Crippen molar-refractivity contribution in [3.05, 3.63) is 72.1 Å². The summed E-state index contributed by atoms with van der Waals surface area (Å²) in [4.78, 5) is 23.6. The molecular weight excluding hydrogens is 432 g/mol. The summed E-state index contributed by atoms with van der Waals surface area (Å²) in [5, 5.41) is 4.36. The molecule has 0 spiro atoms. The molecule has 1 aliphatic rings. The SMILES string of the molecule is Fc1ccc2nc(NC3CCCC3)sc2c1.NC(=O)c1cc(F)ccc1-c1ncccn1. The molecule has 2 heterocycles. The van der Waals surface area contributed by atoms with Crippen molar-refractivity contribution in [2.75, 3.05) is 5.32 Å². The molecule has 3 N–H and O–H groups in total. The van der Waals surface area contributed by atoms with Gasteiger partial charge in [0.2, 0.25) is 5.91 Å². The average Bonchev–Trinajstić information content (AvgIpc) is 3.44. The first-order valence-electron chi connectivity index (χ1n) is 10.2. The monoisotopic (exact) mass is 453 g/mol. The van der Waals surface area contributed by atoms with Crippen LogP contribution in [0.3, 0.4) is 0 Å². The van der Waals surface area contributed by atoms with E-state index >= 15 is 0 Å². The summed E-state index contributed by atoms with van der Waals surface area (Å²) in [5.74, 6) is -1.07. The van der Waals surface area contributed by atoms with Crippen LogP contribution in [0.25, 0.3) is 21.6 Å². The second kappa shape index (κ2) is 9.78. The average molecular weight is 454 g/mol. The van der Waals surface area contributed by atoms with E-state index in [4.69, 9.17) is 5.73 Å². The lowest BCUT2D eigenvalue weighted by molar-refractivity contribution is 0.100. The molecule has 0 unspecified atom stereocenters. The molecule has 2 aromatic carbocycles. The van der Waals surface area contributed by atoms with Crippen molar-refractivity contribution >= 4 is 32.6 Å². The fraction of sp³-hybridized carbons (Fsp3) is 0.217. The minimum Gasteiger partial charge on any atom is -0.366 e. The molecule has 9 heteroatoms. The number of fused-ring (bicyclic) bond motifs is 1. The lowest BCUT2D eigenvalue weighted by Gasteiger charge is -2.09. The minimum absolute atomic E-state index is 0.0752.